The van der Waals surface area contributed by atoms with Crippen LogP contribution in [0.1, 0.15) is 10.4 Å². The van der Waals surface area contributed by atoms with Crippen LogP contribution in [0, 0.1) is 53.1 Å². The molecule has 0 aliphatic carbocycles. The summed E-state index contributed by atoms with van der Waals surface area (Å²) in [4.78, 5) is 23.1. The maximum Gasteiger partial charge on any atom is 3.00 e. The molecule has 47 heavy (non-hydrogen) atoms. The molecule has 5 nitrogen and oxygen atoms in total. The largest absolute Gasteiger partial charge is 3.00 e. The first-order valence-corrected chi connectivity index (χ1v) is 13.1. The van der Waals surface area contributed by atoms with Gasteiger partial charge in [-0.25, -0.2) is 4.79 Å². The van der Waals surface area contributed by atoms with Gasteiger partial charge >= 0.3 is 26.1 Å². The minimum Gasteiger partial charge on any atom is -0.466 e. The summed E-state index contributed by atoms with van der Waals surface area (Å²) in [6.45, 7) is 0. The molecule has 0 aliphatic rings. The molecule has 0 atom stereocenters. The first kappa shape index (κ1) is 36.3. The molecule has 0 aliphatic heterocycles. The number of halogens is 6. The monoisotopic (exact) mass is 821 g/mol. The molecule has 3 aromatic carbocycles. The smallest absolute Gasteiger partial charge is 0.466 e. The van der Waals surface area contributed by atoms with Crippen molar-refractivity contribution in [1.29, 1.82) is 0 Å². The van der Waals surface area contributed by atoms with E-state index in [0.717, 1.165) is 37.4 Å². The van der Waals surface area contributed by atoms with Gasteiger partial charge in [0.15, 0.2) is 0 Å². The zero-order valence-electron chi connectivity index (χ0n) is 24.1. The molecule has 6 rings (SSSR count). The third kappa shape index (κ3) is 9.65. The number of benzene rings is 3. The van der Waals surface area contributed by atoms with Crippen molar-refractivity contribution in [2.24, 2.45) is 0 Å². The number of carbonyl (C=O) groups excluding carboxylic acids is 1. The molecule has 0 saturated heterocycles. The Bertz CT molecular complexity index is 1830. The number of pyridine rings is 3. The first-order valence-electron chi connectivity index (χ1n) is 13.1. The van der Waals surface area contributed by atoms with Crippen LogP contribution in [0.25, 0.3) is 33.8 Å². The van der Waals surface area contributed by atoms with Crippen LogP contribution in [0.4, 0.5) is 26.3 Å². The predicted octanol–water partition coefficient (Wildman–Crippen LogP) is 8.27. The van der Waals surface area contributed by atoms with Gasteiger partial charge in [-0.2, -0.15) is 0 Å². The summed E-state index contributed by atoms with van der Waals surface area (Å²) in [6.07, 6.45) is 4.56. The van der Waals surface area contributed by atoms with E-state index in [4.69, 9.17) is 0 Å². The summed E-state index contributed by atoms with van der Waals surface area (Å²) >= 11 is 0. The second-order valence-electron chi connectivity index (χ2n) is 8.92. The second kappa shape index (κ2) is 17.5. The van der Waals surface area contributed by atoms with E-state index in [2.05, 4.69) is 37.9 Å². The average molecular weight is 821 g/mol. The van der Waals surface area contributed by atoms with E-state index in [-0.39, 0.29) is 42.5 Å². The van der Waals surface area contributed by atoms with Gasteiger partial charge in [0.1, 0.15) is 0 Å². The summed E-state index contributed by atoms with van der Waals surface area (Å²) in [5, 5.41) is 0. The average Bonchev–Trinajstić information content (AvgIpc) is 3.06. The molecule has 0 bridgehead atoms. The van der Waals surface area contributed by atoms with Crippen LogP contribution in [0.15, 0.2) is 104 Å². The first-order chi connectivity index (χ1) is 22.2. The third-order valence-corrected chi connectivity index (χ3v) is 5.89. The van der Waals surface area contributed by atoms with E-state index < -0.39 is 46.4 Å². The van der Waals surface area contributed by atoms with Crippen LogP contribution in [0.3, 0.4) is 0 Å². The Kier molecular flexibility index (Phi) is 13.5. The number of hydrogen-bond acceptors (Lipinski definition) is 5. The quantitative estimate of drug-likeness (QED) is 0.102. The maximum atomic E-state index is 14.0. The molecule has 238 valence electrons. The molecule has 0 saturated carbocycles. The molecule has 0 amide bonds. The molecular formula is C35H20F6IrN3O2. The Morgan fingerprint density at radius 1 is 0.596 bits per heavy atom. The van der Waals surface area contributed by atoms with Crippen molar-refractivity contribution in [3.63, 3.8) is 0 Å². The Balaban J connectivity index is 0.000000192. The molecule has 0 fully saturated rings. The fourth-order valence-electron chi connectivity index (χ4n) is 3.79. The van der Waals surface area contributed by atoms with Crippen LogP contribution in [0.5, 0.6) is 0 Å². The number of hydrogen-bond donors (Lipinski definition) is 0. The SMILES string of the molecule is COC(=O)c1c(F)c[c-]c(-c2ccccn2)c1F.Fc1c[c-]c(-c2ccccn2)c(F)c1.Fc1c[c-]c(-c2ccccn2)c(F)c1.[Ir+3]. The molecule has 0 N–H and O–H groups in total. The minimum absolute atomic E-state index is 0. The van der Waals surface area contributed by atoms with E-state index in [1.54, 1.807) is 60.9 Å². The van der Waals surface area contributed by atoms with E-state index in [1.165, 1.54) is 12.3 Å². The van der Waals surface area contributed by atoms with Gasteiger partial charge in [-0.1, -0.05) is 65.2 Å². The van der Waals surface area contributed by atoms with Crippen molar-refractivity contribution in [3.8, 4) is 33.8 Å². The number of methoxy groups -OCH3 is 1. The van der Waals surface area contributed by atoms with Gasteiger partial charge in [-0.15, -0.1) is 36.4 Å². The van der Waals surface area contributed by atoms with Crippen molar-refractivity contribution in [2.75, 3.05) is 7.11 Å². The molecule has 12 heteroatoms. The van der Waals surface area contributed by atoms with E-state index in [0.29, 0.717) is 11.4 Å². The number of aromatic nitrogens is 3. The minimum atomic E-state index is -1.07. The summed E-state index contributed by atoms with van der Waals surface area (Å²) < 4.78 is 83.4. The third-order valence-electron chi connectivity index (χ3n) is 5.89. The zero-order chi connectivity index (χ0) is 33.1. The topological polar surface area (TPSA) is 65.0 Å². The Labute approximate surface area is 279 Å². The van der Waals surface area contributed by atoms with Crippen molar-refractivity contribution >= 4 is 5.97 Å². The van der Waals surface area contributed by atoms with E-state index >= 15 is 0 Å². The molecule has 0 spiro atoms. The van der Waals surface area contributed by atoms with Gasteiger partial charge in [0, 0.05) is 47.4 Å². The van der Waals surface area contributed by atoms with Gasteiger partial charge in [0.2, 0.25) is 0 Å². The summed E-state index contributed by atoms with van der Waals surface area (Å²) in [6, 6.07) is 27.2. The van der Waals surface area contributed by atoms with Crippen molar-refractivity contribution in [3.05, 3.63) is 162 Å². The Hall–Kier alpha value is -5.19. The maximum absolute atomic E-state index is 14.0. The number of rotatable bonds is 4. The summed E-state index contributed by atoms with van der Waals surface area (Å²) in [5.74, 6) is -5.69. The fraction of sp³-hybridized carbons (Fsp3) is 0.0286. The predicted molar refractivity (Wildman–Crippen MR) is 157 cm³/mol. The van der Waals surface area contributed by atoms with Crippen LogP contribution in [-0.4, -0.2) is 28.0 Å². The number of esters is 1. The standard InChI is InChI=1S/C13H8F2NO2.2C11H6F2N.Ir/c1-18-13(17)11-9(14)6-5-8(12(11)15)10-4-2-3-7-16-10;2*12-8-4-5-9(10(13)7-8)11-3-1-2-6-14-11;/h2-4,6-7H,1H3;2*1-4,6-7H;/q3*-1;+3. The van der Waals surface area contributed by atoms with Crippen LogP contribution in [0.2, 0.25) is 0 Å². The zero-order valence-corrected chi connectivity index (χ0v) is 26.5. The van der Waals surface area contributed by atoms with Crippen molar-refractivity contribution in [1.82, 2.24) is 15.0 Å². The van der Waals surface area contributed by atoms with Crippen molar-refractivity contribution < 1.29 is 56.0 Å². The van der Waals surface area contributed by atoms with Gasteiger partial charge in [0.25, 0.3) is 0 Å². The van der Waals surface area contributed by atoms with Gasteiger partial charge in [-0.05, 0) is 35.3 Å². The molecular weight excluding hydrogens is 801 g/mol. The molecule has 6 aromatic rings. The van der Waals surface area contributed by atoms with Gasteiger partial charge in [-0.3, -0.25) is 26.3 Å². The Morgan fingerprint density at radius 2 is 1.00 bits per heavy atom. The number of ether oxygens (including phenoxy) is 1. The molecule has 0 radical (unpaired) electrons. The fourth-order valence-corrected chi connectivity index (χ4v) is 3.79. The van der Waals surface area contributed by atoms with E-state index in [1.807, 2.05) is 0 Å². The molecule has 3 heterocycles. The van der Waals surface area contributed by atoms with Crippen LogP contribution in [-0.2, 0) is 24.8 Å². The molecule has 3 aromatic heterocycles. The summed E-state index contributed by atoms with van der Waals surface area (Å²) in [5.41, 5.74) is 0.725. The van der Waals surface area contributed by atoms with Gasteiger partial charge < -0.3 is 19.7 Å². The van der Waals surface area contributed by atoms with E-state index in [9.17, 15) is 31.1 Å². The molecule has 0 unspecified atom stereocenters. The Morgan fingerprint density at radius 3 is 1.36 bits per heavy atom. The number of nitrogens with zero attached hydrogens (tertiary/aromatic N) is 3. The van der Waals surface area contributed by atoms with Gasteiger partial charge in [0.05, 0.1) is 18.7 Å². The van der Waals surface area contributed by atoms with Crippen LogP contribution < -0.4 is 0 Å². The second-order valence-corrected chi connectivity index (χ2v) is 8.92. The number of carbonyl (C=O) groups is 1. The normalized spacial score (nSPS) is 9.94. The van der Waals surface area contributed by atoms with Crippen LogP contribution >= 0.6 is 0 Å². The summed E-state index contributed by atoms with van der Waals surface area (Å²) in [7, 11) is 1.05. The van der Waals surface area contributed by atoms with Crippen molar-refractivity contribution in [2.45, 2.75) is 0 Å².